The first-order valence-corrected chi connectivity index (χ1v) is 6.90. The van der Waals surface area contributed by atoms with Crippen LogP contribution in [-0.2, 0) is 9.53 Å². The first-order chi connectivity index (χ1) is 9.65. The van der Waals surface area contributed by atoms with Crippen LogP contribution in [0.5, 0.6) is 0 Å². The first-order valence-electron chi connectivity index (χ1n) is 6.90. The van der Waals surface area contributed by atoms with E-state index in [1.165, 1.54) is 0 Å². The van der Waals surface area contributed by atoms with Crippen LogP contribution in [0.4, 0.5) is 0 Å². The van der Waals surface area contributed by atoms with Crippen LogP contribution in [0.15, 0.2) is 30.3 Å². The first kappa shape index (κ1) is 13.1. The Hall–Kier alpha value is -1.88. The Balaban J connectivity index is 1.75. The molecule has 2 unspecified atom stereocenters. The number of nitrogens with one attached hydrogen (secondary N) is 1. The standard InChI is InChI=1S/C15H17NO4/c17-14(18)13-11-7-6-10(16-11)8-12(13)20-15(19)9-4-2-1-3-5-9/h1-5,10-13,16H,6-8H2,(H,17,18)/t10-,11?,12+,13?/m1/s1. The smallest absolute Gasteiger partial charge is 0.338 e. The lowest BCUT2D eigenvalue weighted by molar-refractivity contribution is -0.148. The van der Waals surface area contributed by atoms with Gasteiger partial charge in [-0.1, -0.05) is 18.2 Å². The fourth-order valence-corrected chi connectivity index (χ4v) is 3.24. The monoisotopic (exact) mass is 275 g/mol. The van der Waals surface area contributed by atoms with Gasteiger partial charge in [0, 0.05) is 18.5 Å². The van der Waals surface area contributed by atoms with Gasteiger partial charge in [0.25, 0.3) is 0 Å². The summed E-state index contributed by atoms with van der Waals surface area (Å²) in [6, 6.07) is 8.88. The molecule has 0 aromatic heterocycles. The highest BCUT2D eigenvalue weighted by Gasteiger charge is 2.47. The topological polar surface area (TPSA) is 75.6 Å². The second-order valence-electron chi connectivity index (χ2n) is 5.46. The quantitative estimate of drug-likeness (QED) is 0.816. The second-order valence-corrected chi connectivity index (χ2v) is 5.46. The molecule has 1 aromatic carbocycles. The van der Waals surface area contributed by atoms with Crippen LogP contribution in [0, 0.1) is 5.92 Å². The summed E-state index contributed by atoms with van der Waals surface area (Å²) in [5.74, 6) is -1.99. The predicted molar refractivity (Wildman–Crippen MR) is 71.3 cm³/mol. The summed E-state index contributed by atoms with van der Waals surface area (Å²) in [5, 5.41) is 12.7. The molecule has 3 rings (SSSR count). The summed E-state index contributed by atoms with van der Waals surface area (Å²) < 4.78 is 5.47. The maximum Gasteiger partial charge on any atom is 0.338 e. The predicted octanol–water partition coefficient (Wildman–Crippen LogP) is 1.44. The molecule has 0 amide bonds. The molecule has 5 heteroatoms. The minimum absolute atomic E-state index is 0.0835. The van der Waals surface area contributed by atoms with E-state index in [2.05, 4.69) is 5.32 Å². The fraction of sp³-hybridized carbons (Fsp3) is 0.467. The summed E-state index contributed by atoms with van der Waals surface area (Å²) in [6.07, 6.45) is 1.82. The zero-order valence-corrected chi connectivity index (χ0v) is 11.0. The van der Waals surface area contributed by atoms with E-state index in [0.717, 1.165) is 12.8 Å². The molecule has 2 N–H and O–H groups in total. The van der Waals surface area contributed by atoms with Crippen LogP contribution < -0.4 is 5.32 Å². The third-order valence-corrected chi connectivity index (χ3v) is 4.18. The molecule has 0 spiro atoms. The maximum absolute atomic E-state index is 12.1. The highest BCUT2D eigenvalue weighted by atomic mass is 16.5. The largest absolute Gasteiger partial charge is 0.481 e. The van der Waals surface area contributed by atoms with Gasteiger partial charge in [-0.3, -0.25) is 4.79 Å². The number of carboxylic acids is 1. The highest BCUT2D eigenvalue weighted by Crippen LogP contribution is 2.34. The van der Waals surface area contributed by atoms with Crippen molar-refractivity contribution in [2.75, 3.05) is 0 Å². The van der Waals surface area contributed by atoms with Gasteiger partial charge in [0.1, 0.15) is 12.0 Å². The Kier molecular flexibility index (Phi) is 3.44. The van der Waals surface area contributed by atoms with Crippen LogP contribution in [0.3, 0.4) is 0 Å². The lowest BCUT2D eigenvalue weighted by Gasteiger charge is -2.34. The summed E-state index contributed by atoms with van der Waals surface area (Å²) in [5.41, 5.74) is 0.461. The van der Waals surface area contributed by atoms with Crippen LogP contribution in [0.1, 0.15) is 29.6 Å². The van der Waals surface area contributed by atoms with E-state index in [4.69, 9.17) is 4.74 Å². The SMILES string of the molecule is O=C(O[C@H]1C[C@H]2CCC(N2)C1C(=O)O)c1ccccc1. The molecule has 106 valence electrons. The lowest BCUT2D eigenvalue weighted by atomic mass is 9.89. The van der Waals surface area contributed by atoms with E-state index in [1.54, 1.807) is 24.3 Å². The number of rotatable bonds is 3. The molecular formula is C15H17NO4. The highest BCUT2D eigenvalue weighted by molar-refractivity contribution is 5.89. The number of ether oxygens (including phenoxy) is 1. The van der Waals surface area contributed by atoms with Gasteiger partial charge < -0.3 is 15.2 Å². The van der Waals surface area contributed by atoms with E-state index < -0.39 is 24.0 Å². The number of fused-ring (bicyclic) bond motifs is 2. The number of carboxylic acid groups (broad SMARTS) is 1. The molecule has 2 aliphatic heterocycles. The van der Waals surface area contributed by atoms with Crippen LogP contribution in [-0.4, -0.2) is 35.2 Å². The van der Waals surface area contributed by atoms with E-state index in [9.17, 15) is 14.7 Å². The Morgan fingerprint density at radius 2 is 1.95 bits per heavy atom. The zero-order valence-electron chi connectivity index (χ0n) is 11.0. The van der Waals surface area contributed by atoms with E-state index in [1.807, 2.05) is 6.07 Å². The molecule has 20 heavy (non-hydrogen) atoms. The van der Waals surface area contributed by atoms with Gasteiger partial charge in [0.05, 0.1) is 5.56 Å². The molecule has 0 radical (unpaired) electrons. The van der Waals surface area contributed by atoms with Crippen molar-refractivity contribution in [2.24, 2.45) is 5.92 Å². The number of carbonyl (C=O) groups is 2. The number of piperidine rings is 1. The van der Waals surface area contributed by atoms with Gasteiger partial charge in [-0.05, 0) is 25.0 Å². The van der Waals surface area contributed by atoms with Gasteiger partial charge in [0.2, 0.25) is 0 Å². The van der Waals surface area contributed by atoms with Crippen LogP contribution >= 0.6 is 0 Å². The van der Waals surface area contributed by atoms with Gasteiger partial charge >= 0.3 is 11.9 Å². The average molecular weight is 275 g/mol. The third-order valence-electron chi connectivity index (χ3n) is 4.18. The molecule has 1 aromatic rings. The Morgan fingerprint density at radius 3 is 2.65 bits per heavy atom. The summed E-state index contributed by atoms with van der Waals surface area (Å²) in [7, 11) is 0. The Morgan fingerprint density at radius 1 is 1.20 bits per heavy atom. The number of aliphatic carboxylic acids is 1. The molecule has 2 bridgehead atoms. The minimum Gasteiger partial charge on any atom is -0.481 e. The van der Waals surface area contributed by atoms with Gasteiger partial charge in [-0.2, -0.15) is 0 Å². The van der Waals surface area contributed by atoms with Crippen LogP contribution in [0.25, 0.3) is 0 Å². The van der Waals surface area contributed by atoms with E-state index in [0.29, 0.717) is 12.0 Å². The van der Waals surface area contributed by atoms with Crippen molar-refractivity contribution in [1.29, 1.82) is 0 Å². The summed E-state index contributed by atoms with van der Waals surface area (Å²) in [4.78, 5) is 23.5. The molecular weight excluding hydrogens is 258 g/mol. The molecule has 2 fully saturated rings. The number of carbonyl (C=O) groups excluding carboxylic acids is 1. The fourth-order valence-electron chi connectivity index (χ4n) is 3.24. The van der Waals surface area contributed by atoms with Crippen molar-refractivity contribution in [1.82, 2.24) is 5.32 Å². The molecule has 2 saturated heterocycles. The number of hydrogen-bond donors (Lipinski definition) is 2. The molecule has 0 aliphatic carbocycles. The lowest BCUT2D eigenvalue weighted by Crippen LogP contribution is -2.52. The Bertz CT molecular complexity index is 516. The Labute approximate surface area is 116 Å². The third kappa shape index (κ3) is 2.41. The average Bonchev–Trinajstić information content (AvgIpc) is 2.81. The van der Waals surface area contributed by atoms with Crippen molar-refractivity contribution in [3.8, 4) is 0 Å². The second kappa shape index (κ2) is 5.25. The van der Waals surface area contributed by atoms with Crippen molar-refractivity contribution in [3.63, 3.8) is 0 Å². The van der Waals surface area contributed by atoms with Crippen molar-refractivity contribution in [2.45, 2.75) is 37.5 Å². The van der Waals surface area contributed by atoms with E-state index >= 15 is 0 Å². The molecule has 0 saturated carbocycles. The van der Waals surface area contributed by atoms with Gasteiger partial charge in [0.15, 0.2) is 0 Å². The summed E-state index contributed by atoms with van der Waals surface area (Å²) in [6.45, 7) is 0. The normalized spacial score (nSPS) is 31.8. The molecule has 4 atom stereocenters. The van der Waals surface area contributed by atoms with Crippen molar-refractivity contribution >= 4 is 11.9 Å². The minimum atomic E-state index is -0.895. The molecule has 2 aliphatic rings. The van der Waals surface area contributed by atoms with E-state index in [-0.39, 0.29) is 12.1 Å². The molecule has 5 nitrogen and oxygen atoms in total. The van der Waals surface area contributed by atoms with Crippen molar-refractivity contribution < 1.29 is 19.4 Å². The zero-order chi connectivity index (χ0) is 14.1. The van der Waals surface area contributed by atoms with Gasteiger partial charge in [-0.25, -0.2) is 4.79 Å². The maximum atomic E-state index is 12.1. The number of esters is 1. The number of hydrogen-bond acceptors (Lipinski definition) is 4. The number of benzene rings is 1. The van der Waals surface area contributed by atoms with Gasteiger partial charge in [-0.15, -0.1) is 0 Å². The summed E-state index contributed by atoms with van der Waals surface area (Å²) >= 11 is 0. The van der Waals surface area contributed by atoms with Crippen LogP contribution in [0.2, 0.25) is 0 Å². The molecule has 2 heterocycles. The van der Waals surface area contributed by atoms with Crippen molar-refractivity contribution in [3.05, 3.63) is 35.9 Å².